The van der Waals surface area contributed by atoms with E-state index in [-0.39, 0.29) is 19.2 Å². The number of imide groups is 1. The van der Waals surface area contributed by atoms with Crippen LogP contribution in [0.25, 0.3) is 0 Å². The van der Waals surface area contributed by atoms with Crippen molar-refractivity contribution in [1.29, 1.82) is 0 Å². The van der Waals surface area contributed by atoms with Gasteiger partial charge in [-0.3, -0.25) is 9.69 Å². The Morgan fingerprint density at radius 2 is 1.85 bits per heavy atom. The zero-order valence-corrected chi connectivity index (χ0v) is 13.9. The molecule has 0 aromatic heterocycles. The van der Waals surface area contributed by atoms with E-state index in [0.717, 1.165) is 5.56 Å². The van der Waals surface area contributed by atoms with E-state index in [9.17, 15) is 9.59 Å². The van der Waals surface area contributed by atoms with Crippen LogP contribution >= 0.6 is 0 Å². The third-order valence-corrected chi connectivity index (χ3v) is 5.03. The van der Waals surface area contributed by atoms with Crippen LogP contribution in [0.3, 0.4) is 0 Å². The van der Waals surface area contributed by atoms with Gasteiger partial charge in [0.05, 0.1) is 13.2 Å². The maximum atomic E-state index is 13.2. The third-order valence-electron chi connectivity index (χ3n) is 5.03. The van der Waals surface area contributed by atoms with Gasteiger partial charge in [0.1, 0.15) is 5.75 Å². The summed E-state index contributed by atoms with van der Waals surface area (Å²) < 4.78 is 16.3. The second-order valence-electron chi connectivity index (χ2n) is 6.51. The van der Waals surface area contributed by atoms with Crippen LogP contribution in [0.15, 0.2) is 42.5 Å². The van der Waals surface area contributed by atoms with E-state index in [4.69, 9.17) is 14.2 Å². The smallest absolute Gasteiger partial charge is 0.325 e. The van der Waals surface area contributed by atoms with Gasteiger partial charge >= 0.3 is 6.03 Å². The molecule has 3 aliphatic rings. The topological polar surface area (TPSA) is 77.1 Å². The van der Waals surface area contributed by atoms with Crippen molar-refractivity contribution < 1.29 is 23.8 Å². The lowest BCUT2D eigenvalue weighted by atomic mass is 9.84. The molecular formula is C19H16N2O5. The van der Waals surface area contributed by atoms with Crippen LogP contribution in [0, 0.1) is 0 Å². The summed E-state index contributed by atoms with van der Waals surface area (Å²) >= 11 is 0. The summed E-state index contributed by atoms with van der Waals surface area (Å²) in [6, 6.07) is 12.4. The van der Waals surface area contributed by atoms with Crippen LogP contribution in [-0.4, -0.2) is 30.2 Å². The Balaban J connectivity index is 1.47. The van der Waals surface area contributed by atoms with Crippen molar-refractivity contribution in [2.24, 2.45) is 0 Å². The molecule has 1 saturated heterocycles. The van der Waals surface area contributed by atoms with Crippen molar-refractivity contribution in [2.45, 2.75) is 18.5 Å². The molecule has 1 unspecified atom stereocenters. The molecule has 1 atom stereocenters. The molecule has 1 fully saturated rings. The van der Waals surface area contributed by atoms with Crippen molar-refractivity contribution in [3.8, 4) is 17.2 Å². The van der Waals surface area contributed by atoms with Crippen LogP contribution in [0.1, 0.15) is 17.5 Å². The van der Waals surface area contributed by atoms with Gasteiger partial charge < -0.3 is 19.5 Å². The maximum absolute atomic E-state index is 13.2. The number of carbonyl (C=O) groups excluding carboxylic acids is 2. The van der Waals surface area contributed by atoms with Gasteiger partial charge in [0.25, 0.3) is 5.91 Å². The van der Waals surface area contributed by atoms with E-state index >= 15 is 0 Å². The maximum Gasteiger partial charge on any atom is 0.325 e. The Kier molecular flexibility index (Phi) is 3.12. The summed E-state index contributed by atoms with van der Waals surface area (Å²) in [7, 11) is 0. The fourth-order valence-electron chi connectivity index (χ4n) is 3.74. The molecule has 0 radical (unpaired) electrons. The first-order valence-electron chi connectivity index (χ1n) is 8.42. The highest BCUT2D eigenvalue weighted by atomic mass is 16.7. The molecule has 5 rings (SSSR count). The number of benzene rings is 2. The van der Waals surface area contributed by atoms with Gasteiger partial charge in [-0.2, -0.15) is 0 Å². The largest absolute Gasteiger partial charge is 0.493 e. The van der Waals surface area contributed by atoms with Gasteiger partial charge in [0, 0.05) is 12.0 Å². The molecular weight excluding hydrogens is 336 g/mol. The van der Waals surface area contributed by atoms with Gasteiger partial charge in [-0.25, -0.2) is 4.79 Å². The van der Waals surface area contributed by atoms with E-state index in [1.54, 1.807) is 12.1 Å². The number of hydrogen-bond acceptors (Lipinski definition) is 5. The van der Waals surface area contributed by atoms with Crippen molar-refractivity contribution in [3.05, 3.63) is 53.6 Å². The van der Waals surface area contributed by atoms with Crippen LogP contribution in [0.4, 0.5) is 4.79 Å². The first-order chi connectivity index (χ1) is 12.7. The lowest BCUT2D eigenvalue weighted by Gasteiger charge is -2.33. The summed E-state index contributed by atoms with van der Waals surface area (Å²) in [6.45, 7) is 0.731. The number of para-hydroxylation sites is 1. The van der Waals surface area contributed by atoms with E-state index in [1.165, 1.54) is 4.90 Å². The fourth-order valence-corrected chi connectivity index (χ4v) is 3.74. The van der Waals surface area contributed by atoms with Gasteiger partial charge in [-0.05, 0) is 23.8 Å². The normalized spacial score (nSPS) is 23.0. The molecule has 3 aliphatic heterocycles. The lowest BCUT2D eigenvalue weighted by molar-refractivity contribution is -0.133. The number of urea groups is 1. The summed E-state index contributed by atoms with van der Waals surface area (Å²) in [6.07, 6.45) is 0.409. The minimum absolute atomic E-state index is 0.173. The Hall–Kier alpha value is -3.22. The molecule has 0 bridgehead atoms. The molecule has 3 heterocycles. The summed E-state index contributed by atoms with van der Waals surface area (Å²) in [5.41, 5.74) is 0.454. The van der Waals surface area contributed by atoms with E-state index in [2.05, 4.69) is 5.32 Å². The Morgan fingerprint density at radius 1 is 1.00 bits per heavy atom. The highest BCUT2D eigenvalue weighted by Gasteiger charge is 2.54. The molecule has 2 aromatic rings. The van der Waals surface area contributed by atoms with Crippen LogP contribution in [0.2, 0.25) is 0 Å². The van der Waals surface area contributed by atoms with Crippen molar-refractivity contribution in [1.82, 2.24) is 10.2 Å². The van der Waals surface area contributed by atoms with E-state index in [1.807, 2.05) is 30.3 Å². The van der Waals surface area contributed by atoms with Gasteiger partial charge in [0.2, 0.25) is 6.79 Å². The number of ether oxygens (including phenoxy) is 3. The summed E-state index contributed by atoms with van der Waals surface area (Å²) in [5, 5.41) is 2.90. The van der Waals surface area contributed by atoms with Gasteiger partial charge in [0.15, 0.2) is 17.0 Å². The first kappa shape index (κ1) is 15.1. The zero-order valence-electron chi connectivity index (χ0n) is 13.9. The number of hydrogen-bond donors (Lipinski definition) is 1. The molecule has 0 saturated carbocycles. The average molecular weight is 352 g/mol. The first-order valence-corrected chi connectivity index (χ1v) is 8.42. The molecule has 132 valence electrons. The molecule has 3 amide bonds. The SMILES string of the molecule is O=C1NC2(CCOc3ccccc32)C(=O)N1Cc1ccc2c(c1)OCO2. The minimum atomic E-state index is -1.05. The Morgan fingerprint density at radius 3 is 2.77 bits per heavy atom. The molecule has 1 N–H and O–H groups in total. The third kappa shape index (κ3) is 2.06. The standard InChI is InChI=1S/C19H16N2O5/c22-17-19(7-8-24-14-4-2-1-3-13(14)19)20-18(23)21(17)10-12-5-6-15-16(9-12)26-11-25-15/h1-6,9H,7-8,10-11H2,(H,20,23). The fraction of sp³-hybridized carbons (Fsp3) is 0.263. The quantitative estimate of drug-likeness (QED) is 0.838. The Bertz CT molecular complexity index is 928. The molecule has 0 aliphatic carbocycles. The number of rotatable bonds is 2. The summed E-state index contributed by atoms with van der Waals surface area (Å²) in [5.74, 6) is 1.68. The summed E-state index contributed by atoms with van der Waals surface area (Å²) in [4.78, 5) is 27.1. The number of fused-ring (bicyclic) bond motifs is 3. The minimum Gasteiger partial charge on any atom is -0.493 e. The number of nitrogens with one attached hydrogen (secondary N) is 1. The van der Waals surface area contributed by atoms with E-state index < -0.39 is 11.6 Å². The Labute approximate surface area is 149 Å². The number of amides is 3. The van der Waals surface area contributed by atoms with Crippen molar-refractivity contribution >= 4 is 11.9 Å². The van der Waals surface area contributed by atoms with Gasteiger partial charge in [-0.1, -0.05) is 24.3 Å². The van der Waals surface area contributed by atoms with Gasteiger partial charge in [-0.15, -0.1) is 0 Å². The lowest BCUT2D eigenvalue weighted by Crippen LogP contribution is -2.47. The molecule has 7 nitrogen and oxygen atoms in total. The van der Waals surface area contributed by atoms with Crippen LogP contribution < -0.4 is 19.5 Å². The molecule has 26 heavy (non-hydrogen) atoms. The van der Waals surface area contributed by atoms with Crippen molar-refractivity contribution in [3.63, 3.8) is 0 Å². The predicted molar refractivity (Wildman–Crippen MR) is 89.9 cm³/mol. The molecule has 1 spiro atoms. The highest BCUT2D eigenvalue weighted by Crippen LogP contribution is 2.41. The van der Waals surface area contributed by atoms with Crippen LogP contribution in [0.5, 0.6) is 17.2 Å². The highest BCUT2D eigenvalue weighted by molar-refractivity contribution is 6.07. The predicted octanol–water partition coefficient (Wildman–Crippen LogP) is 2.15. The second-order valence-corrected chi connectivity index (χ2v) is 6.51. The molecule has 2 aromatic carbocycles. The average Bonchev–Trinajstić information content (AvgIpc) is 3.21. The van der Waals surface area contributed by atoms with Crippen molar-refractivity contribution in [2.75, 3.05) is 13.4 Å². The monoisotopic (exact) mass is 352 g/mol. The second kappa shape index (κ2) is 5.39. The zero-order chi connectivity index (χ0) is 17.7. The van der Waals surface area contributed by atoms with Crippen LogP contribution in [-0.2, 0) is 16.9 Å². The number of carbonyl (C=O) groups is 2. The molecule has 7 heteroatoms. The van der Waals surface area contributed by atoms with E-state index in [0.29, 0.717) is 35.8 Å². The number of nitrogens with zero attached hydrogens (tertiary/aromatic N) is 1.